The van der Waals surface area contributed by atoms with Crippen LogP contribution in [0.3, 0.4) is 0 Å². The Kier molecular flexibility index (Phi) is 6.99. The average Bonchev–Trinajstić information content (AvgIpc) is 2.73. The fourth-order valence-corrected chi connectivity index (χ4v) is 2.44. The Morgan fingerprint density at radius 2 is 1.67 bits per heavy atom. The van der Waals surface area contributed by atoms with E-state index in [1.165, 1.54) is 0 Å². The van der Waals surface area contributed by atoms with Crippen molar-refractivity contribution in [2.24, 2.45) is 0 Å². The van der Waals surface area contributed by atoms with Crippen LogP contribution < -0.4 is 10.5 Å². The smallest absolute Gasteiger partial charge is 0.490 e. The number of methoxy groups -OCH3 is 1. The molecule has 3 N–H and O–H groups in total. The molecule has 9 heteroatoms. The molecule has 0 saturated heterocycles. The molecule has 1 heterocycles. The Labute approximate surface area is 170 Å². The highest BCUT2D eigenvalue weighted by atomic mass is 19.4. The number of halogens is 3. The van der Waals surface area contributed by atoms with Crippen LogP contribution in [0.25, 0.3) is 22.4 Å². The maximum absolute atomic E-state index is 10.6. The molecule has 2 aromatic carbocycles. The normalized spacial score (nSPS) is 10.4. The van der Waals surface area contributed by atoms with Crippen LogP contribution in [0, 0.1) is 11.3 Å². The molecule has 0 bridgehead atoms. The largest absolute Gasteiger partial charge is 0.497 e. The molecule has 0 aliphatic carbocycles. The van der Waals surface area contributed by atoms with Crippen LogP contribution in [0.5, 0.6) is 5.75 Å². The minimum atomic E-state index is -5.08. The Morgan fingerprint density at radius 1 is 1.10 bits per heavy atom. The highest BCUT2D eigenvalue weighted by Gasteiger charge is 2.38. The maximum Gasteiger partial charge on any atom is 0.490 e. The summed E-state index contributed by atoms with van der Waals surface area (Å²) in [4.78, 5) is 13.3. The average molecular weight is 415 g/mol. The van der Waals surface area contributed by atoms with Crippen LogP contribution in [0.1, 0.15) is 5.56 Å². The number of nitrogens with two attached hydrogens (primary N) is 1. The number of benzene rings is 2. The van der Waals surface area contributed by atoms with Gasteiger partial charge in [0.25, 0.3) is 0 Å². The second-order valence-corrected chi connectivity index (χ2v) is 5.82. The van der Waals surface area contributed by atoms with Crippen LogP contribution in [0.15, 0.2) is 60.7 Å². The number of carbonyl (C=O) groups is 1. The third-order valence-corrected chi connectivity index (χ3v) is 3.87. The zero-order valence-corrected chi connectivity index (χ0v) is 15.6. The molecule has 6 nitrogen and oxygen atoms in total. The first-order valence-electron chi connectivity index (χ1n) is 8.38. The summed E-state index contributed by atoms with van der Waals surface area (Å²) in [7, 11) is 1.63. The van der Waals surface area contributed by atoms with Crippen LogP contribution in [0.4, 0.5) is 19.0 Å². The van der Waals surface area contributed by atoms with E-state index in [-0.39, 0.29) is 5.82 Å². The number of ether oxygens (including phenoxy) is 1. The molecule has 3 aromatic rings. The van der Waals surface area contributed by atoms with Gasteiger partial charge in [-0.25, -0.2) is 9.78 Å². The molecule has 0 unspecified atom stereocenters. The van der Waals surface area contributed by atoms with Gasteiger partial charge in [-0.2, -0.15) is 18.4 Å². The topological polar surface area (TPSA) is 109 Å². The number of hydrogen-bond acceptors (Lipinski definition) is 5. The monoisotopic (exact) mass is 415 g/mol. The van der Waals surface area contributed by atoms with E-state index in [9.17, 15) is 18.4 Å². The third-order valence-electron chi connectivity index (χ3n) is 3.87. The van der Waals surface area contributed by atoms with Gasteiger partial charge in [0.1, 0.15) is 23.2 Å². The number of nitrogen functional groups attached to an aromatic ring is 1. The van der Waals surface area contributed by atoms with Crippen LogP contribution in [0.2, 0.25) is 0 Å². The lowest BCUT2D eigenvalue weighted by atomic mass is 9.98. The first-order chi connectivity index (χ1) is 14.2. The predicted octanol–water partition coefficient (Wildman–Crippen LogP) is 4.51. The lowest BCUT2D eigenvalue weighted by Gasteiger charge is -2.10. The summed E-state index contributed by atoms with van der Waals surface area (Å²) in [5, 5.41) is 16.5. The molecule has 0 fully saturated rings. The Morgan fingerprint density at radius 3 is 2.13 bits per heavy atom. The molecule has 0 spiro atoms. The molecule has 0 atom stereocenters. The summed E-state index contributed by atoms with van der Waals surface area (Å²) in [6, 6.07) is 21.3. The van der Waals surface area contributed by atoms with Gasteiger partial charge in [-0.3, -0.25) is 0 Å². The van der Waals surface area contributed by atoms with Gasteiger partial charge in [0.2, 0.25) is 0 Å². The number of pyridine rings is 1. The van der Waals surface area contributed by atoms with E-state index < -0.39 is 12.1 Å². The van der Waals surface area contributed by atoms with Crippen LogP contribution in [-0.4, -0.2) is 29.3 Å². The standard InChI is InChI=1S/C19H15N3O.C2HF3O2/c1-23-15-9-7-14(8-10-15)18-11-16(13-5-3-2-4-6-13)17(12-20)19(21)22-18;3-2(4,5)1(6)7/h2-11H,1H3,(H2,21,22);(H,6,7). The number of aliphatic carboxylic acids is 1. The van der Waals surface area contributed by atoms with Crippen molar-refractivity contribution in [2.45, 2.75) is 6.18 Å². The maximum atomic E-state index is 10.6. The summed E-state index contributed by atoms with van der Waals surface area (Å²) >= 11 is 0. The number of hydrogen-bond donors (Lipinski definition) is 2. The van der Waals surface area contributed by atoms with Crippen molar-refractivity contribution in [3.05, 3.63) is 66.2 Å². The van der Waals surface area contributed by atoms with Crippen molar-refractivity contribution < 1.29 is 27.8 Å². The minimum absolute atomic E-state index is 0.236. The molecule has 30 heavy (non-hydrogen) atoms. The predicted molar refractivity (Wildman–Crippen MR) is 104 cm³/mol. The van der Waals surface area contributed by atoms with E-state index in [1.807, 2.05) is 60.7 Å². The first kappa shape index (κ1) is 22.2. The van der Waals surface area contributed by atoms with Crippen LogP contribution >= 0.6 is 0 Å². The summed E-state index contributed by atoms with van der Waals surface area (Å²) in [5.41, 5.74) is 9.76. The van der Waals surface area contributed by atoms with Crippen molar-refractivity contribution in [2.75, 3.05) is 12.8 Å². The van der Waals surface area contributed by atoms with Gasteiger partial charge in [0, 0.05) is 11.1 Å². The second kappa shape index (κ2) is 9.43. The highest BCUT2D eigenvalue weighted by Crippen LogP contribution is 2.31. The SMILES string of the molecule is COc1ccc(-c2cc(-c3ccccc3)c(C#N)c(N)n2)cc1.O=C(O)C(F)(F)F. The molecule has 0 radical (unpaired) electrons. The Balaban J connectivity index is 0.000000396. The molecule has 154 valence electrons. The molecule has 3 rings (SSSR count). The van der Waals surface area contributed by atoms with Gasteiger partial charge in [-0.1, -0.05) is 30.3 Å². The van der Waals surface area contributed by atoms with E-state index in [0.717, 1.165) is 28.1 Å². The number of carboxylic acid groups (broad SMARTS) is 1. The fraction of sp³-hybridized carbons (Fsp3) is 0.0952. The number of alkyl halides is 3. The van der Waals surface area contributed by atoms with E-state index in [4.69, 9.17) is 20.4 Å². The number of rotatable bonds is 3. The van der Waals surface area contributed by atoms with Gasteiger partial charge < -0.3 is 15.6 Å². The first-order valence-corrected chi connectivity index (χ1v) is 8.38. The number of aromatic nitrogens is 1. The molecular formula is C21H16F3N3O3. The van der Waals surface area contributed by atoms with Crippen molar-refractivity contribution in [3.8, 4) is 34.2 Å². The van der Waals surface area contributed by atoms with E-state index >= 15 is 0 Å². The molecular weight excluding hydrogens is 399 g/mol. The van der Waals surface area contributed by atoms with Gasteiger partial charge in [-0.15, -0.1) is 0 Å². The van der Waals surface area contributed by atoms with Crippen molar-refractivity contribution in [1.82, 2.24) is 4.98 Å². The molecule has 0 saturated carbocycles. The number of nitriles is 1. The lowest BCUT2D eigenvalue weighted by Crippen LogP contribution is -2.21. The Bertz CT molecular complexity index is 1060. The van der Waals surface area contributed by atoms with Gasteiger partial charge in [0.05, 0.1) is 12.8 Å². The Hall–Kier alpha value is -4.06. The highest BCUT2D eigenvalue weighted by molar-refractivity contribution is 5.80. The van der Waals surface area contributed by atoms with Crippen molar-refractivity contribution in [3.63, 3.8) is 0 Å². The van der Waals surface area contributed by atoms with Crippen molar-refractivity contribution in [1.29, 1.82) is 5.26 Å². The third kappa shape index (κ3) is 5.48. The summed E-state index contributed by atoms with van der Waals surface area (Å²) < 4.78 is 36.9. The number of carboxylic acids is 1. The molecule has 0 amide bonds. The zero-order valence-electron chi connectivity index (χ0n) is 15.6. The zero-order chi connectivity index (χ0) is 22.3. The van der Waals surface area contributed by atoms with E-state index in [2.05, 4.69) is 11.1 Å². The van der Waals surface area contributed by atoms with E-state index in [1.54, 1.807) is 7.11 Å². The van der Waals surface area contributed by atoms with E-state index in [0.29, 0.717) is 5.56 Å². The summed E-state index contributed by atoms with van der Waals surface area (Å²) in [6.45, 7) is 0. The fourth-order valence-electron chi connectivity index (χ4n) is 2.44. The van der Waals surface area contributed by atoms with Crippen LogP contribution in [-0.2, 0) is 4.79 Å². The molecule has 0 aliphatic heterocycles. The quantitative estimate of drug-likeness (QED) is 0.651. The van der Waals surface area contributed by atoms with Gasteiger partial charge >= 0.3 is 12.1 Å². The number of nitrogens with zero attached hydrogens (tertiary/aromatic N) is 2. The number of anilines is 1. The minimum Gasteiger partial charge on any atom is -0.497 e. The van der Waals surface area contributed by atoms with Crippen molar-refractivity contribution >= 4 is 11.8 Å². The lowest BCUT2D eigenvalue weighted by molar-refractivity contribution is -0.192. The summed E-state index contributed by atoms with van der Waals surface area (Å²) in [5.74, 6) is -1.74. The second-order valence-electron chi connectivity index (χ2n) is 5.82. The molecule has 0 aliphatic rings. The summed E-state index contributed by atoms with van der Waals surface area (Å²) in [6.07, 6.45) is -5.08. The molecule has 1 aromatic heterocycles. The van der Waals surface area contributed by atoms with Gasteiger partial charge in [0.15, 0.2) is 0 Å². The van der Waals surface area contributed by atoms with Gasteiger partial charge in [-0.05, 0) is 35.9 Å².